The molecule has 4 heteroatoms. The second kappa shape index (κ2) is 6.36. The van der Waals surface area contributed by atoms with Crippen molar-refractivity contribution in [2.24, 2.45) is 0 Å². The van der Waals surface area contributed by atoms with E-state index in [0.29, 0.717) is 6.54 Å². The molecule has 0 saturated heterocycles. The minimum atomic E-state index is -0.628. The van der Waals surface area contributed by atoms with Gasteiger partial charge in [0.2, 0.25) is 0 Å². The molecule has 0 spiro atoms. The molecule has 98 valence electrons. The predicted molar refractivity (Wildman–Crippen MR) is 72.0 cm³/mol. The van der Waals surface area contributed by atoms with Crippen LogP contribution in [0.2, 0.25) is 0 Å². The molecule has 0 saturated carbocycles. The molecular formula is C14H20FN3. The van der Waals surface area contributed by atoms with Gasteiger partial charge in [0.15, 0.2) is 0 Å². The van der Waals surface area contributed by atoms with Crippen molar-refractivity contribution in [3.8, 4) is 6.07 Å². The number of hydrogen-bond acceptors (Lipinski definition) is 3. The summed E-state index contributed by atoms with van der Waals surface area (Å²) in [7, 11) is 0. The normalized spacial score (nSPS) is 13.7. The number of nitrogens with zero attached hydrogens (tertiary/aromatic N) is 2. The first kappa shape index (κ1) is 14.5. The summed E-state index contributed by atoms with van der Waals surface area (Å²) in [4.78, 5) is 2.00. The molecular weight excluding hydrogens is 229 g/mol. The summed E-state index contributed by atoms with van der Waals surface area (Å²) in [5.74, 6) is -0.256. The fraction of sp³-hybridized carbons (Fsp3) is 0.500. The molecule has 1 unspecified atom stereocenters. The van der Waals surface area contributed by atoms with Crippen LogP contribution in [-0.4, -0.2) is 25.2 Å². The van der Waals surface area contributed by atoms with Gasteiger partial charge in [0.25, 0.3) is 0 Å². The third-order valence-corrected chi connectivity index (χ3v) is 2.88. The van der Waals surface area contributed by atoms with Gasteiger partial charge in [0.1, 0.15) is 11.4 Å². The maximum atomic E-state index is 13.2. The van der Waals surface area contributed by atoms with Crippen LogP contribution in [0.5, 0.6) is 0 Å². The molecule has 1 N–H and O–H groups in total. The van der Waals surface area contributed by atoms with Crippen LogP contribution >= 0.6 is 0 Å². The van der Waals surface area contributed by atoms with Crippen molar-refractivity contribution in [2.45, 2.75) is 26.3 Å². The third-order valence-electron chi connectivity index (χ3n) is 2.88. The lowest BCUT2D eigenvalue weighted by atomic mass is 10.0. The van der Waals surface area contributed by atoms with Crippen LogP contribution in [0.4, 0.5) is 10.1 Å². The van der Waals surface area contributed by atoms with Gasteiger partial charge in [-0.05, 0) is 38.6 Å². The third kappa shape index (κ3) is 3.71. The fourth-order valence-electron chi connectivity index (χ4n) is 1.96. The minimum Gasteiger partial charge on any atom is -0.369 e. The van der Waals surface area contributed by atoms with Crippen molar-refractivity contribution in [1.82, 2.24) is 5.32 Å². The first-order valence-electron chi connectivity index (χ1n) is 6.21. The Balaban J connectivity index is 2.88. The maximum absolute atomic E-state index is 13.2. The van der Waals surface area contributed by atoms with Crippen LogP contribution in [-0.2, 0) is 0 Å². The zero-order chi connectivity index (χ0) is 13.6. The van der Waals surface area contributed by atoms with Gasteiger partial charge in [-0.15, -0.1) is 0 Å². The number of nitriles is 1. The average Bonchev–Trinajstić information content (AvgIpc) is 2.36. The number of anilines is 1. The molecule has 0 radical (unpaired) electrons. The van der Waals surface area contributed by atoms with E-state index < -0.39 is 5.54 Å². The topological polar surface area (TPSA) is 39.1 Å². The molecule has 18 heavy (non-hydrogen) atoms. The van der Waals surface area contributed by atoms with E-state index in [2.05, 4.69) is 11.4 Å². The Morgan fingerprint density at radius 1 is 1.44 bits per heavy atom. The van der Waals surface area contributed by atoms with Crippen molar-refractivity contribution in [2.75, 3.05) is 24.5 Å². The smallest absolute Gasteiger partial charge is 0.125 e. The lowest BCUT2D eigenvalue weighted by Crippen LogP contribution is -2.50. The number of rotatable bonds is 6. The summed E-state index contributed by atoms with van der Waals surface area (Å²) >= 11 is 0. The highest BCUT2D eigenvalue weighted by molar-refractivity contribution is 5.47. The van der Waals surface area contributed by atoms with E-state index in [1.54, 1.807) is 6.07 Å². The highest BCUT2D eigenvalue weighted by Crippen LogP contribution is 2.18. The number of benzene rings is 1. The first-order valence-corrected chi connectivity index (χ1v) is 6.21. The predicted octanol–water partition coefficient (Wildman–Crippen LogP) is 2.54. The molecule has 1 aromatic rings. The van der Waals surface area contributed by atoms with E-state index in [4.69, 9.17) is 0 Å². The molecule has 0 aliphatic rings. The van der Waals surface area contributed by atoms with Crippen molar-refractivity contribution in [1.29, 1.82) is 5.26 Å². The van der Waals surface area contributed by atoms with E-state index in [-0.39, 0.29) is 5.82 Å². The van der Waals surface area contributed by atoms with Crippen LogP contribution in [0, 0.1) is 17.1 Å². The number of hydrogen-bond donors (Lipinski definition) is 1. The van der Waals surface area contributed by atoms with Crippen molar-refractivity contribution in [3.63, 3.8) is 0 Å². The average molecular weight is 249 g/mol. The largest absolute Gasteiger partial charge is 0.369 e. The molecule has 3 nitrogen and oxygen atoms in total. The maximum Gasteiger partial charge on any atom is 0.125 e. The summed E-state index contributed by atoms with van der Waals surface area (Å²) in [6, 6.07) is 8.74. The Morgan fingerprint density at radius 3 is 2.67 bits per heavy atom. The first-order chi connectivity index (χ1) is 8.54. The summed E-state index contributed by atoms with van der Waals surface area (Å²) in [6.07, 6.45) is 0. The Kier molecular flexibility index (Phi) is 5.11. The van der Waals surface area contributed by atoms with E-state index in [9.17, 15) is 9.65 Å². The van der Waals surface area contributed by atoms with Gasteiger partial charge in [-0.1, -0.05) is 13.0 Å². The molecule has 0 fully saturated rings. The Hall–Kier alpha value is -1.60. The van der Waals surface area contributed by atoms with Gasteiger partial charge in [0.05, 0.1) is 6.07 Å². The summed E-state index contributed by atoms with van der Waals surface area (Å²) < 4.78 is 13.2. The van der Waals surface area contributed by atoms with E-state index in [1.165, 1.54) is 12.1 Å². The van der Waals surface area contributed by atoms with E-state index in [0.717, 1.165) is 18.8 Å². The van der Waals surface area contributed by atoms with Crippen LogP contribution in [0.1, 0.15) is 20.8 Å². The lowest BCUT2D eigenvalue weighted by Gasteiger charge is -2.32. The molecule has 1 rings (SSSR count). The molecule has 0 aliphatic carbocycles. The minimum absolute atomic E-state index is 0.256. The Morgan fingerprint density at radius 2 is 2.17 bits per heavy atom. The zero-order valence-corrected chi connectivity index (χ0v) is 11.2. The summed E-state index contributed by atoms with van der Waals surface area (Å²) in [5, 5.41) is 12.4. The standard InChI is InChI=1S/C14H20FN3/c1-4-17-14(3,10-16)11-18(5-2)13-8-6-7-12(15)9-13/h6-9,17H,4-5,11H2,1-3H3. The van der Waals surface area contributed by atoms with Gasteiger partial charge in [-0.3, -0.25) is 5.32 Å². The second-order valence-corrected chi connectivity index (χ2v) is 4.47. The van der Waals surface area contributed by atoms with Crippen LogP contribution < -0.4 is 10.2 Å². The van der Waals surface area contributed by atoms with Crippen molar-refractivity contribution >= 4 is 5.69 Å². The second-order valence-electron chi connectivity index (χ2n) is 4.47. The quantitative estimate of drug-likeness (QED) is 0.842. The summed E-state index contributed by atoms with van der Waals surface area (Å²) in [6.45, 7) is 7.80. The van der Waals surface area contributed by atoms with Gasteiger partial charge < -0.3 is 4.90 Å². The zero-order valence-electron chi connectivity index (χ0n) is 11.2. The van der Waals surface area contributed by atoms with E-state index in [1.807, 2.05) is 31.7 Å². The van der Waals surface area contributed by atoms with Crippen LogP contribution in [0.25, 0.3) is 0 Å². The Labute approximate surface area is 108 Å². The molecule has 0 amide bonds. The van der Waals surface area contributed by atoms with Gasteiger partial charge in [0, 0.05) is 18.8 Å². The van der Waals surface area contributed by atoms with Crippen molar-refractivity contribution < 1.29 is 4.39 Å². The number of nitrogens with one attached hydrogen (secondary N) is 1. The van der Waals surface area contributed by atoms with Gasteiger partial charge in [-0.25, -0.2) is 4.39 Å². The number of likely N-dealkylation sites (N-methyl/N-ethyl adjacent to an activating group) is 2. The van der Waals surface area contributed by atoms with Gasteiger partial charge in [-0.2, -0.15) is 5.26 Å². The molecule has 0 aromatic heterocycles. The molecule has 0 heterocycles. The highest BCUT2D eigenvalue weighted by Gasteiger charge is 2.25. The molecule has 1 aromatic carbocycles. The molecule has 0 bridgehead atoms. The monoisotopic (exact) mass is 249 g/mol. The highest BCUT2D eigenvalue weighted by atomic mass is 19.1. The SMILES string of the molecule is CCNC(C)(C#N)CN(CC)c1cccc(F)c1. The lowest BCUT2D eigenvalue weighted by molar-refractivity contribution is 0.456. The fourth-order valence-corrected chi connectivity index (χ4v) is 1.96. The summed E-state index contributed by atoms with van der Waals surface area (Å²) in [5.41, 5.74) is 0.175. The number of halogens is 1. The van der Waals surface area contributed by atoms with Gasteiger partial charge >= 0.3 is 0 Å². The Bertz CT molecular complexity index is 427. The van der Waals surface area contributed by atoms with Crippen molar-refractivity contribution in [3.05, 3.63) is 30.1 Å². The van der Waals surface area contributed by atoms with Crippen LogP contribution in [0.15, 0.2) is 24.3 Å². The van der Waals surface area contributed by atoms with E-state index >= 15 is 0 Å². The van der Waals surface area contributed by atoms with Crippen LogP contribution in [0.3, 0.4) is 0 Å². The molecule has 1 atom stereocenters. The molecule has 0 aliphatic heterocycles.